The molecule has 0 aromatic heterocycles. The van der Waals surface area contributed by atoms with E-state index in [1.54, 1.807) is 27.0 Å². The average molecular weight is 490 g/mol. The van der Waals surface area contributed by atoms with Gasteiger partial charge in [0.25, 0.3) is 0 Å². The van der Waals surface area contributed by atoms with Crippen LogP contribution in [-0.4, -0.2) is 23.8 Å². The van der Waals surface area contributed by atoms with Gasteiger partial charge < -0.3 is 9.84 Å². The molecule has 0 atom stereocenters. The molecule has 2 aromatic carbocycles. The highest BCUT2D eigenvalue weighted by molar-refractivity contribution is 9.10. The number of methoxy groups -OCH3 is 1. The highest BCUT2D eigenvalue weighted by atomic mass is 79.9. The molecule has 1 N–H and O–H groups in total. The molecular weight excluding hydrogens is 467 g/mol. The SMILES string of the molecule is CCC(=O)c1cc(Cl)c(C)c(Br)c1OC.CCC(=O)c1cc(Cl)c(C)cc1O. The summed E-state index contributed by atoms with van der Waals surface area (Å²) in [7, 11) is 1.54. The number of benzene rings is 2. The van der Waals surface area contributed by atoms with Crippen molar-refractivity contribution < 1.29 is 19.4 Å². The van der Waals surface area contributed by atoms with Crippen LogP contribution >= 0.6 is 39.1 Å². The van der Waals surface area contributed by atoms with Gasteiger partial charge in [0.2, 0.25) is 0 Å². The summed E-state index contributed by atoms with van der Waals surface area (Å²) in [6.45, 7) is 7.20. The van der Waals surface area contributed by atoms with Crippen molar-refractivity contribution in [3.63, 3.8) is 0 Å². The van der Waals surface area contributed by atoms with Crippen molar-refractivity contribution in [3.8, 4) is 11.5 Å². The van der Waals surface area contributed by atoms with Gasteiger partial charge in [-0.1, -0.05) is 37.0 Å². The minimum atomic E-state index is -0.0978. The number of hydrogen-bond acceptors (Lipinski definition) is 4. The summed E-state index contributed by atoms with van der Waals surface area (Å²) in [6.07, 6.45) is 0.801. The van der Waals surface area contributed by atoms with Gasteiger partial charge in [-0.15, -0.1) is 0 Å². The third-order valence-electron chi connectivity index (χ3n) is 4.13. The zero-order chi connectivity index (χ0) is 21.6. The smallest absolute Gasteiger partial charge is 0.166 e. The number of hydrogen-bond donors (Lipinski definition) is 1. The van der Waals surface area contributed by atoms with E-state index in [2.05, 4.69) is 15.9 Å². The molecular formula is C21H23BrCl2O4. The number of Topliss-reactive ketones (excluding diaryl/α,β-unsaturated/α-hetero) is 2. The topological polar surface area (TPSA) is 63.6 Å². The second-order valence-electron chi connectivity index (χ2n) is 6.05. The lowest BCUT2D eigenvalue weighted by atomic mass is 10.1. The minimum absolute atomic E-state index is 0.00810. The first-order valence-corrected chi connectivity index (χ1v) is 10.2. The van der Waals surface area contributed by atoms with Gasteiger partial charge in [-0.25, -0.2) is 0 Å². The molecule has 7 heteroatoms. The summed E-state index contributed by atoms with van der Waals surface area (Å²) in [4.78, 5) is 22.9. The molecule has 0 amide bonds. The molecule has 0 heterocycles. The Morgan fingerprint density at radius 1 is 1.00 bits per heavy atom. The number of halogens is 3. The van der Waals surface area contributed by atoms with E-state index >= 15 is 0 Å². The highest BCUT2D eigenvalue weighted by Gasteiger charge is 2.17. The number of phenolic OH excluding ortho intramolecular Hbond substituents is 1. The lowest BCUT2D eigenvalue weighted by Gasteiger charge is -2.12. The fourth-order valence-electron chi connectivity index (χ4n) is 2.37. The fourth-order valence-corrected chi connectivity index (χ4v) is 3.44. The van der Waals surface area contributed by atoms with Gasteiger partial charge in [-0.05, 0) is 59.1 Å². The van der Waals surface area contributed by atoms with Crippen LogP contribution in [0.25, 0.3) is 0 Å². The van der Waals surface area contributed by atoms with E-state index in [1.807, 2.05) is 13.8 Å². The van der Waals surface area contributed by atoms with E-state index in [0.29, 0.717) is 39.8 Å². The summed E-state index contributed by atoms with van der Waals surface area (Å²) in [6, 6.07) is 4.68. The van der Waals surface area contributed by atoms with Crippen LogP contribution in [0, 0.1) is 13.8 Å². The van der Waals surface area contributed by atoms with Crippen molar-refractivity contribution in [2.24, 2.45) is 0 Å². The van der Waals surface area contributed by atoms with Crippen molar-refractivity contribution in [2.45, 2.75) is 40.5 Å². The average Bonchev–Trinajstić information content (AvgIpc) is 2.67. The molecule has 0 saturated heterocycles. The second-order valence-corrected chi connectivity index (χ2v) is 7.66. The Balaban J connectivity index is 0.000000283. The Kier molecular flexibility index (Phi) is 9.48. The van der Waals surface area contributed by atoms with Crippen LogP contribution in [0.3, 0.4) is 0 Å². The first kappa shape index (κ1) is 24.5. The quantitative estimate of drug-likeness (QED) is 0.461. The second kappa shape index (κ2) is 10.8. The molecule has 0 fully saturated rings. The van der Waals surface area contributed by atoms with Gasteiger partial charge in [0, 0.05) is 22.9 Å². The number of carbonyl (C=O) groups is 2. The van der Waals surface area contributed by atoms with Crippen LogP contribution in [0.1, 0.15) is 58.5 Å². The molecule has 28 heavy (non-hydrogen) atoms. The molecule has 2 rings (SSSR count). The molecule has 0 aliphatic rings. The molecule has 0 bridgehead atoms. The maximum atomic E-state index is 11.6. The molecule has 4 nitrogen and oxygen atoms in total. The Hall–Kier alpha value is -1.56. The summed E-state index contributed by atoms with van der Waals surface area (Å²) in [5.74, 6) is 0.492. The normalized spacial score (nSPS) is 10.1. The van der Waals surface area contributed by atoms with E-state index in [1.165, 1.54) is 12.1 Å². The lowest BCUT2D eigenvalue weighted by molar-refractivity contribution is 0.0977. The van der Waals surface area contributed by atoms with Crippen molar-refractivity contribution in [3.05, 3.63) is 55.0 Å². The Labute approximate surface area is 183 Å². The molecule has 2 aromatic rings. The van der Waals surface area contributed by atoms with Crippen LogP contribution in [0.5, 0.6) is 11.5 Å². The largest absolute Gasteiger partial charge is 0.507 e. The summed E-state index contributed by atoms with van der Waals surface area (Å²) >= 11 is 15.2. The van der Waals surface area contributed by atoms with Crippen molar-refractivity contribution >= 4 is 50.7 Å². The molecule has 152 valence electrons. The number of carbonyl (C=O) groups excluding carboxylic acids is 2. The van der Waals surface area contributed by atoms with Crippen molar-refractivity contribution in [1.82, 2.24) is 0 Å². The van der Waals surface area contributed by atoms with E-state index in [0.717, 1.165) is 15.6 Å². The van der Waals surface area contributed by atoms with Gasteiger partial charge >= 0.3 is 0 Å². The first-order chi connectivity index (χ1) is 13.1. The molecule has 0 aliphatic carbocycles. The molecule has 0 aliphatic heterocycles. The van der Waals surface area contributed by atoms with Crippen LogP contribution in [-0.2, 0) is 0 Å². The van der Waals surface area contributed by atoms with Crippen LogP contribution in [0.2, 0.25) is 10.0 Å². The first-order valence-electron chi connectivity index (χ1n) is 8.66. The van der Waals surface area contributed by atoms with Gasteiger partial charge in [-0.2, -0.15) is 0 Å². The minimum Gasteiger partial charge on any atom is -0.507 e. The number of phenols is 1. The number of ether oxygens (including phenoxy) is 1. The zero-order valence-electron chi connectivity index (χ0n) is 16.5. The maximum absolute atomic E-state index is 11.6. The van der Waals surface area contributed by atoms with E-state index < -0.39 is 0 Å². The molecule has 0 saturated carbocycles. The Bertz CT molecular complexity index is 895. The Morgan fingerprint density at radius 3 is 2.00 bits per heavy atom. The zero-order valence-corrected chi connectivity index (χ0v) is 19.5. The third kappa shape index (κ3) is 5.72. The number of aryl methyl sites for hydroxylation is 1. The fraction of sp³-hybridized carbons (Fsp3) is 0.333. The standard InChI is InChI=1S/C11H12BrClO2.C10H11ClO2/c1-4-9(14)7-5-8(13)6(2)10(12)11(7)15-3;1-3-9(12)7-5-8(11)6(2)4-10(7)13/h5H,4H2,1-3H3;4-5,13H,3H2,1-2H3. The molecule has 0 spiro atoms. The lowest BCUT2D eigenvalue weighted by Crippen LogP contribution is -2.02. The van der Waals surface area contributed by atoms with Gasteiger partial charge in [0.05, 0.1) is 22.7 Å². The van der Waals surface area contributed by atoms with Crippen molar-refractivity contribution in [2.75, 3.05) is 7.11 Å². The Morgan fingerprint density at radius 2 is 1.50 bits per heavy atom. The van der Waals surface area contributed by atoms with Crippen LogP contribution < -0.4 is 4.74 Å². The van der Waals surface area contributed by atoms with E-state index in [9.17, 15) is 14.7 Å². The van der Waals surface area contributed by atoms with Crippen molar-refractivity contribution in [1.29, 1.82) is 0 Å². The van der Waals surface area contributed by atoms with Gasteiger partial charge in [-0.3, -0.25) is 9.59 Å². The summed E-state index contributed by atoms with van der Waals surface area (Å²) in [5.41, 5.74) is 2.48. The number of aromatic hydroxyl groups is 1. The van der Waals surface area contributed by atoms with Gasteiger partial charge in [0.1, 0.15) is 11.5 Å². The van der Waals surface area contributed by atoms with E-state index in [4.69, 9.17) is 27.9 Å². The predicted molar refractivity (Wildman–Crippen MR) is 118 cm³/mol. The summed E-state index contributed by atoms with van der Waals surface area (Å²) in [5, 5.41) is 10.5. The molecule has 0 radical (unpaired) electrons. The number of ketones is 2. The third-order valence-corrected chi connectivity index (χ3v) is 5.88. The monoisotopic (exact) mass is 488 g/mol. The molecule has 0 unspecified atom stereocenters. The maximum Gasteiger partial charge on any atom is 0.166 e. The highest BCUT2D eigenvalue weighted by Crippen LogP contribution is 2.37. The predicted octanol–water partition coefficient (Wildman–Crippen LogP) is 6.96. The summed E-state index contributed by atoms with van der Waals surface area (Å²) < 4.78 is 5.95. The van der Waals surface area contributed by atoms with Crippen LogP contribution in [0.4, 0.5) is 0 Å². The number of rotatable bonds is 5. The van der Waals surface area contributed by atoms with E-state index in [-0.39, 0.29) is 17.3 Å². The van der Waals surface area contributed by atoms with Crippen LogP contribution in [0.15, 0.2) is 22.7 Å². The van der Waals surface area contributed by atoms with Gasteiger partial charge in [0.15, 0.2) is 11.6 Å².